The molecule has 0 unspecified atom stereocenters. The summed E-state index contributed by atoms with van der Waals surface area (Å²) in [6, 6.07) is 12.2. The van der Waals surface area contributed by atoms with Crippen molar-refractivity contribution >= 4 is 0 Å². The van der Waals surface area contributed by atoms with Gasteiger partial charge in [0.2, 0.25) is 0 Å². The third-order valence-corrected chi connectivity index (χ3v) is 2.52. The largest absolute Gasteiger partial charge is 0.496 e. The number of aryl methyl sites for hydroxylation is 2. The van der Waals surface area contributed by atoms with Crippen LogP contribution in [0, 0.1) is 13.8 Å². The molecule has 1 aromatic carbocycles. The fourth-order valence-electron chi connectivity index (χ4n) is 1.70. The highest BCUT2D eigenvalue weighted by atomic mass is 16.5. The maximum absolute atomic E-state index is 5.38. The van der Waals surface area contributed by atoms with Gasteiger partial charge in [0.15, 0.2) is 0 Å². The van der Waals surface area contributed by atoms with Gasteiger partial charge in [-0.1, -0.05) is 12.1 Å². The predicted molar refractivity (Wildman–Crippen MR) is 65.7 cm³/mol. The zero-order chi connectivity index (χ0) is 11.5. The van der Waals surface area contributed by atoms with Crippen LogP contribution in [-0.4, -0.2) is 12.1 Å². The molecule has 2 aromatic rings. The molecule has 0 fully saturated rings. The van der Waals surface area contributed by atoms with Crippen LogP contribution in [0.4, 0.5) is 0 Å². The van der Waals surface area contributed by atoms with Gasteiger partial charge in [-0.2, -0.15) is 0 Å². The summed E-state index contributed by atoms with van der Waals surface area (Å²) < 4.78 is 5.38. The minimum Gasteiger partial charge on any atom is -0.496 e. The van der Waals surface area contributed by atoms with Crippen molar-refractivity contribution in [3.8, 4) is 17.0 Å². The summed E-state index contributed by atoms with van der Waals surface area (Å²) in [5.74, 6) is 0.873. The lowest BCUT2D eigenvalue weighted by atomic mass is 10.1. The molecule has 0 atom stereocenters. The van der Waals surface area contributed by atoms with Crippen LogP contribution >= 0.6 is 0 Å². The lowest BCUT2D eigenvalue weighted by molar-refractivity contribution is 0.416. The summed E-state index contributed by atoms with van der Waals surface area (Å²) in [6.07, 6.45) is 0. The molecule has 2 heteroatoms. The number of ether oxygens (including phenoxy) is 1. The Balaban J connectivity index is 2.55. The van der Waals surface area contributed by atoms with E-state index in [1.54, 1.807) is 7.11 Å². The standard InChI is InChI=1S/C14H15NO/c1-10-7-8-12(14(9-10)16-3)13-6-4-5-11(2)15-13/h4-9H,1-3H3. The molecule has 0 amide bonds. The third kappa shape index (κ3) is 2.06. The van der Waals surface area contributed by atoms with Gasteiger partial charge in [-0.25, -0.2) is 0 Å². The van der Waals surface area contributed by atoms with Gasteiger partial charge in [-0.3, -0.25) is 4.98 Å². The maximum atomic E-state index is 5.38. The summed E-state index contributed by atoms with van der Waals surface area (Å²) in [5.41, 5.74) is 4.20. The van der Waals surface area contributed by atoms with Gasteiger partial charge < -0.3 is 4.74 Å². The molecule has 0 spiro atoms. The van der Waals surface area contributed by atoms with E-state index in [4.69, 9.17) is 4.74 Å². The van der Waals surface area contributed by atoms with Gasteiger partial charge in [0.25, 0.3) is 0 Å². The SMILES string of the molecule is COc1cc(C)ccc1-c1cccc(C)n1. The van der Waals surface area contributed by atoms with Gasteiger partial charge in [-0.15, -0.1) is 0 Å². The van der Waals surface area contributed by atoms with Gasteiger partial charge in [0, 0.05) is 11.3 Å². The maximum Gasteiger partial charge on any atom is 0.128 e. The average molecular weight is 213 g/mol. The van der Waals surface area contributed by atoms with E-state index < -0.39 is 0 Å². The van der Waals surface area contributed by atoms with Crippen molar-refractivity contribution in [3.63, 3.8) is 0 Å². The topological polar surface area (TPSA) is 22.1 Å². The number of hydrogen-bond acceptors (Lipinski definition) is 2. The number of benzene rings is 1. The Bertz CT molecular complexity index is 506. The van der Waals surface area contributed by atoms with E-state index in [1.807, 2.05) is 31.2 Å². The van der Waals surface area contributed by atoms with Gasteiger partial charge in [-0.05, 0) is 43.7 Å². The van der Waals surface area contributed by atoms with Crippen LogP contribution < -0.4 is 4.74 Å². The minimum atomic E-state index is 0.873. The Kier molecular flexibility index (Phi) is 2.91. The van der Waals surface area contributed by atoms with E-state index in [0.717, 1.165) is 22.7 Å². The normalized spacial score (nSPS) is 10.2. The molecule has 0 aliphatic heterocycles. The van der Waals surface area contributed by atoms with Crippen LogP contribution in [0.15, 0.2) is 36.4 Å². The Morgan fingerprint density at radius 3 is 2.56 bits per heavy atom. The smallest absolute Gasteiger partial charge is 0.128 e. The zero-order valence-electron chi connectivity index (χ0n) is 9.82. The Morgan fingerprint density at radius 2 is 1.88 bits per heavy atom. The van der Waals surface area contributed by atoms with Crippen molar-refractivity contribution in [3.05, 3.63) is 47.7 Å². The van der Waals surface area contributed by atoms with Crippen LogP contribution in [0.1, 0.15) is 11.3 Å². The fourth-order valence-corrected chi connectivity index (χ4v) is 1.70. The number of nitrogens with zero attached hydrogens (tertiary/aromatic N) is 1. The first-order chi connectivity index (χ1) is 7.70. The van der Waals surface area contributed by atoms with Gasteiger partial charge in [0.05, 0.1) is 12.8 Å². The molecule has 1 aromatic heterocycles. The highest BCUT2D eigenvalue weighted by Crippen LogP contribution is 2.29. The van der Waals surface area contributed by atoms with E-state index in [0.29, 0.717) is 0 Å². The second-order valence-electron chi connectivity index (χ2n) is 3.87. The van der Waals surface area contributed by atoms with Crippen LogP contribution in [-0.2, 0) is 0 Å². The summed E-state index contributed by atoms with van der Waals surface area (Å²) in [7, 11) is 1.69. The Morgan fingerprint density at radius 1 is 1.06 bits per heavy atom. The molecule has 0 saturated carbocycles. The van der Waals surface area contributed by atoms with Gasteiger partial charge in [0.1, 0.15) is 5.75 Å². The molecule has 1 heterocycles. The Labute approximate surface area is 95.9 Å². The lowest BCUT2D eigenvalue weighted by Gasteiger charge is -2.09. The second-order valence-corrected chi connectivity index (χ2v) is 3.87. The highest BCUT2D eigenvalue weighted by Gasteiger charge is 2.06. The molecule has 0 bridgehead atoms. The number of pyridine rings is 1. The molecular weight excluding hydrogens is 198 g/mol. The molecule has 0 aliphatic carbocycles. The number of methoxy groups -OCH3 is 1. The van der Waals surface area contributed by atoms with E-state index in [-0.39, 0.29) is 0 Å². The summed E-state index contributed by atoms with van der Waals surface area (Å²) in [6.45, 7) is 4.04. The second kappa shape index (κ2) is 4.35. The third-order valence-electron chi connectivity index (χ3n) is 2.52. The van der Waals surface area contributed by atoms with E-state index in [1.165, 1.54) is 5.56 Å². The molecular formula is C14H15NO. The van der Waals surface area contributed by atoms with Crippen molar-refractivity contribution in [2.45, 2.75) is 13.8 Å². The van der Waals surface area contributed by atoms with Gasteiger partial charge >= 0.3 is 0 Å². The molecule has 0 saturated heterocycles. The molecule has 0 N–H and O–H groups in total. The van der Waals surface area contributed by atoms with Crippen LogP contribution in [0.25, 0.3) is 11.3 Å². The van der Waals surface area contributed by atoms with E-state index in [9.17, 15) is 0 Å². The zero-order valence-corrected chi connectivity index (χ0v) is 9.82. The fraction of sp³-hybridized carbons (Fsp3) is 0.214. The first kappa shape index (κ1) is 10.7. The highest BCUT2D eigenvalue weighted by molar-refractivity contribution is 5.67. The summed E-state index contributed by atoms with van der Waals surface area (Å²) >= 11 is 0. The number of aromatic nitrogens is 1. The molecule has 16 heavy (non-hydrogen) atoms. The summed E-state index contributed by atoms with van der Waals surface area (Å²) in [5, 5.41) is 0. The van der Waals surface area contributed by atoms with Crippen molar-refractivity contribution in [1.29, 1.82) is 0 Å². The number of rotatable bonds is 2. The van der Waals surface area contributed by atoms with Crippen LogP contribution in [0.2, 0.25) is 0 Å². The summed E-state index contributed by atoms with van der Waals surface area (Å²) in [4.78, 5) is 4.50. The van der Waals surface area contributed by atoms with E-state index in [2.05, 4.69) is 24.0 Å². The molecule has 2 nitrogen and oxygen atoms in total. The van der Waals surface area contributed by atoms with Crippen LogP contribution in [0.5, 0.6) is 5.75 Å². The number of hydrogen-bond donors (Lipinski definition) is 0. The van der Waals surface area contributed by atoms with Crippen molar-refractivity contribution in [2.24, 2.45) is 0 Å². The first-order valence-electron chi connectivity index (χ1n) is 5.29. The van der Waals surface area contributed by atoms with Crippen molar-refractivity contribution in [1.82, 2.24) is 4.98 Å². The Hall–Kier alpha value is -1.83. The molecule has 82 valence electrons. The molecule has 2 rings (SSSR count). The molecule has 0 radical (unpaired) electrons. The predicted octanol–water partition coefficient (Wildman–Crippen LogP) is 3.37. The monoisotopic (exact) mass is 213 g/mol. The quantitative estimate of drug-likeness (QED) is 0.763. The van der Waals surface area contributed by atoms with Crippen LogP contribution in [0.3, 0.4) is 0 Å². The molecule has 0 aliphatic rings. The average Bonchev–Trinajstić information content (AvgIpc) is 2.28. The lowest BCUT2D eigenvalue weighted by Crippen LogP contribution is -1.91. The van der Waals surface area contributed by atoms with E-state index >= 15 is 0 Å². The first-order valence-corrected chi connectivity index (χ1v) is 5.29. The minimum absolute atomic E-state index is 0.873. The van der Waals surface area contributed by atoms with Crippen molar-refractivity contribution in [2.75, 3.05) is 7.11 Å². The van der Waals surface area contributed by atoms with Crippen molar-refractivity contribution < 1.29 is 4.74 Å².